The maximum atomic E-state index is 5.01. The van der Waals surface area contributed by atoms with E-state index in [1.165, 1.54) is 18.4 Å². The van der Waals surface area contributed by atoms with Gasteiger partial charge in [0.1, 0.15) is 5.82 Å². The standard InChI is InChI=1S/C13H21N3O.ClH/c1-17-8-7-16-13-9-11(4-6-15-13)12-3-2-5-14-10-12;/h4,6,9,12,14H,2-3,5,7-8,10H2,1H3,(H,15,16);1H. The van der Waals surface area contributed by atoms with Crippen LogP contribution in [0.25, 0.3) is 0 Å². The smallest absolute Gasteiger partial charge is 0.126 e. The molecule has 0 spiro atoms. The molecule has 1 aliphatic rings. The molecular weight excluding hydrogens is 250 g/mol. The summed E-state index contributed by atoms with van der Waals surface area (Å²) in [5, 5.41) is 6.71. The van der Waals surface area contributed by atoms with E-state index in [4.69, 9.17) is 4.74 Å². The molecule has 1 fully saturated rings. The SMILES string of the molecule is COCCNc1cc(C2CCCNC2)ccn1.Cl. The molecule has 0 aromatic carbocycles. The summed E-state index contributed by atoms with van der Waals surface area (Å²) in [6, 6.07) is 4.28. The minimum atomic E-state index is 0. The maximum Gasteiger partial charge on any atom is 0.126 e. The van der Waals surface area contributed by atoms with E-state index in [2.05, 4.69) is 27.8 Å². The molecule has 0 aliphatic carbocycles. The van der Waals surface area contributed by atoms with Crippen LogP contribution in [0.5, 0.6) is 0 Å². The van der Waals surface area contributed by atoms with Crippen molar-refractivity contribution in [3.8, 4) is 0 Å². The van der Waals surface area contributed by atoms with Crippen molar-refractivity contribution in [2.75, 3.05) is 38.7 Å². The number of rotatable bonds is 5. The second-order valence-corrected chi connectivity index (χ2v) is 4.44. The minimum Gasteiger partial charge on any atom is -0.383 e. The van der Waals surface area contributed by atoms with Crippen LogP contribution in [0, 0.1) is 0 Å². The molecule has 102 valence electrons. The van der Waals surface area contributed by atoms with E-state index in [1.807, 2.05) is 6.20 Å². The Morgan fingerprint density at radius 1 is 1.56 bits per heavy atom. The Bertz CT molecular complexity index is 343. The first-order chi connectivity index (χ1) is 8.40. The van der Waals surface area contributed by atoms with Gasteiger partial charge in [-0.1, -0.05) is 0 Å². The molecule has 0 bridgehead atoms. The Kier molecular flexibility index (Phi) is 7.01. The summed E-state index contributed by atoms with van der Waals surface area (Å²) in [5.74, 6) is 1.58. The van der Waals surface area contributed by atoms with Gasteiger partial charge in [0.2, 0.25) is 0 Å². The van der Waals surface area contributed by atoms with Crippen LogP contribution in [-0.2, 0) is 4.74 Å². The molecule has 1 aromatic heterocycles. The molecule has 0 radical (unpaired) electrons. The van der Waals surface area contributed by atoms with Crippen LogP contribution in [0.1, 0.15) is 24.3 Å². The van der Waals surface area contributed by atoms with Gasteiger partial charge in [0.05, 0.1) is 6.61 Å². The summed E-state index contributed by atoms with van der Waals surface area (Å²) in [6.45, 7) is 3.74. The van der Waals surface area contributed by atoms with E-state index in [-0.39, 0.29) is 12.4 Å². The molecule has 5 heteroatoms. The summed E-state index contributed by atoms with van der Waals surface area (Å²) in [7, 11) is 1.71. The van der Waals surface area contributed by atoms with Crippen LogP contribution in [0.2, 0.25) is 0 Å². The van der Waals surface area contributed by atoms with Crippen molar-refractivity contribution in [1.29, 1.82) is 0 Å². The summed E-state index contributed by atoms with van der Waals surface area (Å²) in [5.41, 5.74) is 1.38. The zero-order valence-corrected chi connectivity index (χ0v) is 11.6. The van der Waals surface area contributed by atoms with Crippen molar-refractivity contribution in [3.05, 3.63) is 23.9 Å². The van der Waals surface area contributed by atoms with Crippen molar-refractivity contribution in [2.24, 2.45) is 0 Å². The molecule has 4 nitrogen and oxygen atoms in total. The number of nitrogens with one attached hydrogen (secondary N) is 2. The average molecular weight is 272 g/mol. The van der Waals surface area contributed by atoms with Gasteiger partial charge < -0.3 is 15.4 Å². The summed E-state index contributed by atoms with van der Waals surface area (Å²) in [4.78, 5) is 4.32. The average Bonchev–Trinajstić information content (AvgIpc) is 2.41. The zero-order valence-electron chi connectivity index (χ0n) is 10.8. The number of hydrogen-bond acceptors (Lipinski definition) is 4. The molecular formula is C13H22ClN3O. The highest BCUT2D eigenvalue weighted by Crippen LogP contribution is 2.24. The fourth-order valence-corrected chi connectivity index (χ4v) is 2.21. The first-order valence-electron chi connectivity index (χ1n) is 6.29. The van der Waals surface area contributed by atoms with Crippen LogP contribution in [-0.4, -0.2) is 38.3 Å². The number of ether oxygens (including phenoxy) is 1. The number of hydrogen-bond donors (Lipinski definition) is 2. The third-order valence-corrected chi connectivity index (χ3v) is 3.16. The Balaban J connectivity index is 0.00000162. The van der Waals surface area contributed by atoms with Crippen molar-refractivity contribution in [1.82, 2.24) is 10.3 Å². The Hall–Kier alpha value is -0.840. The summed E-state index contributed by atoms with van der Waals surface area (Å²) in [6.07, 6.45) is 4.42. The van der Waals surface area contributed by atoms with E-state index >= 15 is 0 Å². The van der Waals surface area contributed by atoms with Crippen LogP contribution >= 0.6 is 12.4 Å². The van der Waals surface area contributed by atoms with Crippen LogP contribution in [0.3, 0.4) is 0 Å². The monoisotopic (exact) mass is 271 g/mol. The molecule has 0 amide bonds. The molecule has 2 heterocycles. The predicted octanol–water partition coefficient (Wildman–Crippen LogP) is 2.03. The third kappa shape index (κ3) is 4.44. The Morgan fingerprint density at radius 3 is 3.17 bits per heavy atom. The van der Waals surface area contributed by atoms with Crippen LogP contribution in [0.4, 0.5) is 5.82 Å². The van der Waals surface area contributed by atoms with Gasteiger partial charge in [0.25, 0.3) is 0 Å². The molecule has 18 heavy (non-hydrogen) atoms. The van der Waals surface area contributed by atoms with E-state index < -0.39 is 0 Å². The van der Waals surface area contributed by atoms with E-state index in [0.29, 0.717) is 12.5 Å². The Morgan fingerprint density at radius 2 is 2.44 bits per heavy atom. The van der Waals surface area contributed by atoms with Gasteiger partial charge in [-0.15, -0.1) is 12.4 Å². The lowest BCUT2D eigenvalue weighted by Crippen LogP contribution is -2.28. The number of methoxy groups -OCH3 is 1. The van der Waals surface area contributed by atoms with Crippen molar-refractivity contribution >= 4 is 18.2 Å². The lowest BCUT2D eigenvalue weighted by Gasteiger charge is -2.23. The first-order valence-corrected chi connectivity index (χ1v) is 6.29. The number of piperidine rings is 1. The van der Waals surface area contributed by atoms with Gasteiger partial charge in [0, 0.05) is 26.4 Å². The molecule has 1 aromatic rings. The predicted molar refractivity (Wildman–Crippen MR) is 76.7 cm³/mol. The van der Waals surface area contributed by atoms with E-state index in [9.17, 15) is 0 Å². The number of anilines is 1. The van der Waals surface area contributed by atoms with Crippen LogP contribution < -0.4 is 10.6 Å². The molecule has 2 N–H and O–H groups in total. The number of nitrogens with zero attached hydrogens (tertiary/aromatic N) is 1. The fourth-order valence-electron chi connectivity index (χ4n) is 2.21. The van der Waals surface area contributed by atoms with Crippen LogP contribution in [0.15, 0.2) is 18.3 Å². The highest BCUT2D eigenvalue weighted by molar-refractivity contribution is 5.85. The van der Waals surface area contributed by atoms with E-state index in [0.717, 1.165) is 25.5 Å². The number of pyridine rings is 1. The Labute approximate surface area is 115 Å². The fraction of sp³-hybridized carbons (Fsp3) is 0.615. The van der Waals surface area contributed by atoms with Gasteiger partial charge in [-0.05, 0) is 43.0 Å². The summed E-state index contributed by atoms with van der Waals surface area (Å²) >= 11 is 0. The van der Waals surface area contributed by atoms with Gasteiger partial charge in [-0.3, -0.25) is 0 Å². The minimum absolute atomic E-state index is 0. The van der Waals surface area contributed by atoms with Crippen molar-refractivity contribution < 1.29 is 4.74 Å². The topological polar surface area (TPSA) is 46.2 Å². The lowest BCUT2D eigenvalue weighted by atomic mass is 9.92. The number of aromatic nitrogens is 1. The summed E-state index contributed by atoms with van der Waals surface area (Å²) < 4.78 is 5.01. The number of halogens is 1. The molecule has 0 saturated carbocycles. The van der Waals surface area contributed by atoms with Gasteiger partial charge in [-0.25, -0.2) is 4.98 Å². The first kappa shape index (κ1) is 15.2. The highest BCUT2D eigenvalue weighted by Gasteiger charge is 2.15. The van der Waals surface area contributed by atoms with E-state index in [1.54, 1.807) is 7.11 Å². The molecule has 1 unspecified atom stereocenters. The normalized spacial score (nSPS) is 19.1. The second kappa shape index (κ2) is 8.29. The second-order valence-electron chi connectivity index (χ2n) is 4.44. The quantitative estimate of drug-likeness (QED) is 0.805. The largest absolute Gasteiger partial charge is 0.383 e. The maximum absolute atomic E-state index is 5.01. The third-order valence-electron chi connectivity index (χ3n) is 3.16. The molecule has 1 atom stereocenters. The van der Waals surface area contributed by atoms with Gasteiger partial charge in [0.15, 0.2) is 0 Å². The van der Waals surface area contributed by atoms with Gasteiger partial charge >= 0.3 is 0 Å². The molecule has 1 aliphatic heterocycles. The highest BCUT2D eigenvalue weighted by atomic mass is 35.5. The molecule has 2 rings (SSSR count). The van der Waals surface area contributed by atoms with Crippen molar-refractivity contribution in [3.63, 3.8) is 0 Å². The lowest BCUT2D eigenvalue weighted by molar-refractivity contribution is 0.210. The zero-order chi connectivity index (χ0) is 11.9. The van der Waals surface area contributed by atoms with Crippen molar-refractivity contribution in [2.45, 2.75) is 18.8 Å². The van der Waals surface area contributed by atoms with Gasteiger partial charge in [-0.2, -0.15) is 0 Å². The molecule has 1 saturated heterocycles.